The lowest BCUT2D eigenvalue weighted by Gasteiger charge is -2.26. The summed E-state index contributed by atoms with van der Waals surface area (Å²) < 4.78 is 1.40. The molecule has 0 aliphatic carbocycles. The monoisotopic (exact) mass is 334 g/mol. The Labute approximate surface area is 143 Å². The second-order valence-corrected chi connectivity index (χ2v) is 5.95. The van der Waals surface area contributed by atoms with Crippen LogP contribution in [0.4, 0.5) is 0 Å². The van der Waals surface area contributed by atoms with E-state index in [-0.39, 0.29) is 23.4 Å². The highest BCUT2D eigenvalue weighted by atomic mass is 16.3. The van der Waals surface area contributed by atoms with Gasteiger partial charge in [0.2, 0.25) is 0 Å². The molecule has 1 heterocycles. The number of aryl methyl sites for hydroxylation is 1. The van der Waals surface area contributed by atoms with Crippen molar-refractivity contribution in [2.75, 3.05) is 0 Å². The number of pyridine rings is 1. The van der Waals surface area contributed by atoms with E-state index < -0.39 is 6.10 Å². The number of fused-ring (bicyclic) bond motifs is 1. The molecule has 0 radical (unpaired) electrons. The molecular weight excluding hydrogens is 304 g/mol. The Morgan fingerprint density at radius 2 is 1.79 bits per heavy atom. The fraction of sp³-hybridized carbons (Fsp3) is 0.526. The van der Waals surface area contributed by atoms with Gasteiger partial charge in [-0.25, -0.2) is 0 Å². The number of rotatable bonds is 5. The number of nitrogens with one attached hydrogen (secondary N) is 1. The molecule has 5 nitrogen and oxygen atoms in total. The molecule has 0 saturated heterocycles. The van der Waals surface area contributed by atoms with E-state index >= 15 is 0 Å². The number of nitrogens with zero attached hydrogens (tertiary/aromatic N) is 1. The van der Waals surface area contributed by atoms with E-state index in [4.69, 9.17) is 0 Å². The minimum atomic E-state index is -0.715. The summed E-state index contributed by atoms with van der Waals surface area (Å²) in [4.78, 5) is 11.8. The number of benzene rings is 1. The van der Waals surface area contributed by atoms with Crippen molar-refractivity contribution in [3.05, 3.63) is 40.2 Å². The highest BCUT2D eigenvalue weighted by molar-refractivity contribution is 5.88. The van der Waals surface area contributed by atoms with Crippen molar-refractivity contribution in [3.8, 4) is 5.75 Å². The molecule has 2 aromatic rings. The van der Waals surface area contributed by atoms with Crippen LogP contribution in [0, 0.1) is 0 Å². The zero-order valence-electron chi connectivity index (χ0n) is 15.5. The van der Waals surface area contributed by atoms with Crippen molar-refractivity contribution in [1.82, 2.24) is 9.88 Å². The van der Waals surface area contributed by atoms with Gasteiger partial charge in [0, 0.05) is 30.6 Å². The van der Waals surface area contributed by atoms with Crippen LogP contribution in [0.2, 0.25) is 0 Å². The third-order valence-electron chi connectivity index (χ3n) is 3.98. The average Bonchev–Trinajstić information content (AvgIpc) is 2.57. The smallest absolute Gasteiger partial charge is 0.250 e. The number of phenols is 1. The minimum Gasteiger partial charge on any atom is -0.506 e. The molecular formula is C19H30N2O3. The Hall–Kier alpha value is -1.85. The predicted octanol–water partition coefficient (Wildman–Crippen LogP) is 3.08. The Morgan fingerprint density at radius 1 is 1.17 bits per heavy atom. The molecule has 0 amide bonds. The van der Waals surface area contributed by atoms with Gasteiger partial charge in [-0.3, -0.25) is 4.79 Å². The van der Waals surface area contributed by atoms with Crippen molar-refractivity contribution in [3.63, 3.8) is 0 Å². The third-order valence-corrected chi connectivity index (χ3v) is 3.98. The van der Waals surface area contributed by atoms with Crippen molar-refractivity contribution in [2.24, 2.45) is 7.05 Å². The summed E-state index contributed by atoms with van der Waals surface area (Å²) in [5, 5.41) is 24.9. The number of aromatic nitrogens is 1. The Morgan fingerprint density at radius 3 is 2.33 bits per heavy atom. The maximum Gasteiger partial charge on any atom is 0.250 e. The van der Waals surface area contributed by atoms with E-state index in [1.807, 2.05) is 34.6 Å². The summed E-state index contributed by atoms with van der Waals surface area (Å²) in [6.07, 6.45) is 0.0565. The molecule has 0 aliphatic heterocycles. The number of hydrogen-bond donors (Lipinski definition) is 3. The van der Waals surface area contributed by atoms with Gasteiger partial charge in [-0.2, -0.15) is 0 Å². The lowest BCUT2D eigenvalue weighted by molar-refractivity contribution is 0.123. The number of phenolic OH excluding ortho intramolecular Hbond substituents is 1. The topological polar surface area (TPSA) is 74.5 Å². The molecule has 0 fully saturated rings. The Balaban J connectivity index is 0.00000139. The highest BCUT2D eigenvalue weighted by Gasteiger charge is 2.23. The van der Waals surface area contributed by atoms with Gasteiger partial charge in [0.25, 0.3) is 5.56 Å². The highest BCUT2D eigenvalue weighted by Crippen LogP contribution is 2.31. The van der Waals surface area contributed by atoms with Gasteiger partial charge in [-0.05, 0) is 24.1 Å². The van der Waals surface area contributed by atoms with Gasteiger partial charge in [0.05, 0.1) is 11.6 Å². The van der Waals surface area contributed by atoms with Gasteiger partial charge >= 0.3 is 0 Å². The van der Waals surface area contributed by atoms with E-state index in [0.29, 0.717) is 16.5 Å². The summed E-state index contributed by atoms with van der Waals surface area (Å²) in [7, 11) is 1.62. The first-order chi connectivity index (χ1) is 11.4. The van der Waals surface area contributed by atoms with Crippen molar-refractivity contribution < 1.29 is 10.2 Å². The fourth-order valence-corrected chi connectivity index (χ4v) is 2.85. The minimum absolute atomic E-state index is 0.0380. The van der Waals surface area contributed by atoms with Crippen molar-refractivity contribution >= 4 is 10.9 Å². The first-order valence-corrected chi connectivity index (χ1v) is 8.62. The molecule has 24 heavy (non-hydrogen) atoms. The fourth-order valence-electron chi connectivity index (χ4n) is 2.85. The number of aliphatic hydroxyl groups excluding tert-OH is 1. The zero-order chi connectivity index (χ0) is 18.4. The van der Waals surface area contributed by atoms with Crippen LogP contribution in [0.15, 0.2) is 29.1 Å². The van der Waals surface area contributed by atoms with Crippen LogP contribution < -0.4 is 10.9 Å². The Kier molecular flexibility index (Phi) is 7.45. The van der Waals surface area contributed by atoms with Crippen molar-refractivity contribution in [2.45, 2.75) is 59.2 Å². The summed E-state index contributed by atoms with van der Waals surface area (Å²) in [5.74, 6) is 0.0380. The molecule has 3 N–H and O–H groups in total. The normalized spacial score (nSPS) is 13.5. The predicted molar refractivity (Wildman–Crippen MR) is 99.5 cm³/mol. The molecule has 2 rings (SSSR count). The molecule has 2 atom stereocenters. The van der Waals surface area contributed by atoms with E-state index in [2.05, 4.69) is 5.32 Å². The van der Waals surface area contributed by atoms with Crippen LogP contribution in [-0.4, -0.2) is 26.9 Å². The molecule has 1 aromatic carbocycles. The number of aliphatic hydroxyl groups is 1. The van der Waals surface area contributed by atoms with E-state index in [9.17, 15) is 15.0 Å². The molecule has 0 spiro atoms. The zero-order valence-corrected chi connectivity index (χ0v) is 15.5. The third kappa shape index (κ3) is 4.16. The SMILES string of the molecule is CC.CCC(NC(C)C)C(O)c1ccc(O)c2c1ccc(=O)n2C. The average molecular weight is 334 g/mol. The Bertz CT molecular complexity index is 722. The summed E-state index contributed by atoms with van der Waals surface area (Å²) >= 11 is 0. The largest absolute Gasteiger partial charge is 0.506 e. The van der Waals surface area contributed by atoms with Crippen LogP contribution in [0.1, 0.15) is 52.7 Å². The first kappa shape index (κ1) is 20.2. The molecule has 5 heteroatoms. The van der Waals surface area contributed by atoms with Crippen LogP contribution in [0.25, 0.3) is 10.9 Å². The van der Waals surface area contributed by atoms with Crippen LogP contribution in [0.5, 0.6) is 5.75 Å². The van der Waals surface area contributed by atoms with Crippen LogP contribution >= 0.6 is 0 Å². The molecule has 1 aromatic heterocycles. The maximum absolute atomic E-state index is 11.8. The van der Waals surface area contributed by atoms with Gasteiger partial charge < -0.3 is 20.1 Å². The first-order valence-electron chi connectivity index (χ1n) is 8.62. The standard InChI is InChI=1S/C17H24N2O3.C2H6/c1-5-13(18-10(2)3)17(22)12-6-8-14(20)16-11(12)7-9-15(21)19(16)4;1-2/h6-10,13,17-18,20,22H,5H2,1-4H3;1-2H3. The van der Waals surface area contributed by atoms with E-state index in [1.165, 1.54) is 16.7 Å². The van der Waals surface area contributed by atoms with Gasteiger partial charge in [0.15, 0.2) is 0 Å². The van der Waals surface area contributed by atoms with E-state index in [0.717, 1.165) is 6.42 Å². The van der Waals surface area contributed by atoms with Gasteiger partial charge in [-0.1, -0.05) is 40.7 Å². The summed E-state index contributed by atoms with van der Waals surface area (Å²) in [5.41, 5.74) is 0.966. The number of hydrogen-bond acceptors (Lipinski definition) is 4. The van der Waals surface area contributed by atoms with Crippen molar-refractivity contribution in [1.29, 1.82) is 0 Å². The molecule has 0 bridgehead atoms. The van der Waals surface area contributed by atoms with Gasteiger partial charge in [-0.15, -0.1) is 0 Å². The lowest BCUT2D eigenvalue weighted by atomic mass is 9.95. The quantitative estimate of drug-likeness (QED) is 0.785. The molecule has 0 saturated carbocycles. The summed E-state index contributed by atoms with van der Waals surface area (Å²) in [6, 6.07) is 6.53. The second-order valence-electron chi connectivity index (χ2n) is 5.95. The molecule has 0 aliphatic rings. The molecule has 2 unspecified atom stereocenters. The molecule has 134 valence electrons. The maximum atomic E-state index is 11.8. The van der Waals surface area contributed by atoms with Gasteiger partial charge in [0.1, 0.15) is 5.75 Å². The van der Waals surface area contributed by atoms with Crippen LogP contribution in [-0.2, 0) is 7.05 Å². The summed E-state index contributed by atoms with van der Waals surface area (Å²) in [6.45, 7) is 10.1. The lowest BCUT2D eigenvalue weighted by Crippen LogP contribution is -2.39. The van der Waals surface area contributed by atoms with E-state index in [1.54, 1.807) is 19.2 Å². The second kappa shape index (κ2) is 8.85. The number of aromatic hydroxyl groups is 1. The van der Waals surface area contributed by atoms with Crippen LogP contribution in [0.3, 0.4) is 0 Å².